The minimum atomic E-state index is 0.572. The van der Waals surface area contributed by atoms with E-state index < -0.39 is 0 Å². The van der Waals surface area contributed by atoms with Crippen molar-refractivity contribution in [2.45, 2.75) is 52.0 Å². The van der Waals surface area contributed by atoms with Crippen LogP contribution in [0.1, 0.15) is 46.0 Å². The van der Waals surface area contributed by atoms with Gasteiger partial charge in [0.15, 0.2) is 0 Å². The average Bonchev–Trinajstić information content (AvgIpc) is 2.60. The van der Waals surface area contributed by atoms with Crippen LogP contribution in [0.2, 0.25) is 0 Å². The molecule has 2 aliphatic rings. The van der Waals surface area contributed by atoms with E-state index >= 15 is 0 Å². The Bertz CT molecular complexity index is 225. The molecule has 1 aliphatic carbocycles. The molecule has 0 amide bonds. The Labute approximate surface area is 101 Å². The van der Waals surface area contributed by atoms with E-state index in [2.05, 4.69) is 31.1 Å². The summed E-state index contributed by atoms with van der Waals surface area (Å²) in [5.41, 5.74) is 0.572. The van der Waals surface area contributed by atoms with E-state index in [9.17, 15) is 0 Å². The van der Waals surface area contributed by atoms with Gasteiger partial charge in [-0.1, -0.05) is 20.3 Å². The van der Waals surface area contributed by atoms with Crippen molar-refractivity contribution >= 4 is 0 Å². The second-order valence-electron chi connectivity index (χ2n) is 6.78. The lowest BCUT2D eigenvalue weighted by molar-refractivity contribution is 0.194. The van der Waals surface area contributed by atoms with Crippen molar-refractivity contribution in [3.05, 3.63) is 0 Å². The van der Waals surface area contributed by atoms with Crippen molar-refractivity contribution in [1.29, 1.82) is 0 Å². The van der Waals surface area contributed by atoms with Crippen molar-refractivity contribution < 1.29 is 0 Å². The molecule has 2 unspecified atom stereocenters. The van der Waals surface area contributed by atoms with Gasteiger partial charge in [-0.2, -0.15) is 0 Å². The van der Waals surface area contributed by atoms with Crippen LogP contribution in [0.25, 0.3) is 0 Å². The van der Waals surface area contributed by atoms with Crippen LogP contribution in [0.15, 0.2) is 0 Å². The molecule has 2 rings (SSSR count). The summed E-state index contributed by atoms with van der Waals surface area (Å²) in [5.74, 6) is 0.898. The largest absolute Gasteiger partial charge is 0.314 e. The first-order chi connectivity index (χ1) is 7.55. The molecule has 2 fully saturated rings. The van der Waals surface area contributed by atoms with E-state index in [-0.39, 0.29) is 0 Å². The predicted molar refractivity (Wildman–Crippen MR) is 69.6 cm³/mol. The third-order valence-corrected chi connectivity index (χ3v) is 4.39. The quantitative estimate of drug-likeness (QED) is 0.792. The summed E-state index contributed by atoms with van der Waals surface area (Å²) in [7, 11) is 2.24. The Morgan fingerprint density at radius 3 is 2.75 bits per heavy atom. The van der Waals surface area contributed by atoms with Gasteiger partial charge in [0.25, 0.3) is 0 Å². The molecule has 2 heteroatoms. The second kappa shape index (κ2) is 5.05. The lowest BCUT2D eigenvalue weighted by atomic mass is 9.75. The zero-order valence-electron chi connectivity index (χ0n) is 11.3. The Kier molecular flexibility index (Phi) is 3.91. The number of hydrogen-bond acceptors (Lipinski definition) is 2. The number of rotatable bonds is 3. The molecule has 2 atom stereocenters. The molecule has 1 aliphatic heterocycles. The van der Waals surface area contributed by atoms with Crippen LogP contribution in [0, 0.1) is 11.3 Å². The lowest BCUT2D eigenvalue weighted by Crippen LogP contribution is -2.39. The highest BCUT2D eigenvalue weighted by molar-refractivity contribution is 4.85. The molecule has 0 bridgehead atoms. The molecule has 1 heterocycles. The monoisotopic (exact) mass is 224 g/mol. The van der Waals surface area contributed by atoms with Gasteiger partial charge in [0, 0.05) is 12.6 Å². The molecule has 94 valence electrons. The third-order valence-electron chi connectivity index (χ3n) is 4.39. The maximum atomic E-state index is 3.81. The average molecular weight is 224 g/mol. The molecule has 0 aromatic heterocycles. The van der Waals surface area contributed by atoms with Crippen LogP contribution in [0.5, 0.6) is 0 Å². The fraction of sp³-hybridized carbons (Fsp3) is 1.00. The Morgan fingerprint density at radius 2 is 2.12 bits per heavy atom. The number of hydrogen-bond donors (Lipinski definition) is 1. The molecule has 1 saturated heterocycles. The summed E-state index contributed by atoms with van der Waals surface area (Å²) in [6, 6.07) is 0.787. The molecular weight excluding hydrogens is 196 g/mol. The second-order valence-corrected chi connectivity index (χ2v) is 6.78. The minimum absolute atomic E-state index is 0.572. The van der Waals surface area contributed by atoms with Crippen LogP contribution < -0.4 is 5.32 Å². The zero-order chi connectivity index (χ0) is 11.6. The summed E-state index contributed by atoms with van der Waals surface area (Å²) in [6.45, 7) is 8.67. The van der Waals surface area contributed by atoms with Crippen molar-refractivity contribution in [1.82, 2.24) is 10.2 Å². The first-order valence-electron chi connectivity index (χ1n) is 6.97. The summed E-state index contributed by atoms with van der Waals surface area (Å²) in [5, 5.41) is 3.81. The van der Waals surface area contributed by atoms with Crippen LogP contribution in [0.4, 0.5) is 0 Å². The van der Waals surface area contributed by atoms with E-state index in [0.29, 0.717) is 5.41 Å². The van der Waals surface area contributed by atoms with Gasteiger partial charge < -0.3 is 10.2 Å². The SMILES string of the molecule is CN1CCC(CNC2CCCC(C)(C)C2)C1. The smallest absolute Gasteiger partial charge is 0.00722 e. The van der Waals surface area contributed by atoms with E-state index in [1.54, 1.807) is 0 Å². The minimum Gasteiger partial charge on any atom is -0.314 e. The highest BCUT2D eigenvalue weighted by atomic mass is 15.1. The highest BCUT2D eigenvalue weighted by Gasteiger charge is 2.28. The fourth-order valence-electron chi connectivity index (χ4n) is 3.40. The van der Waals surface area contributed by atoms with Gasteiger partial charge in [-0.15, -0.1) is 0 Å². The topological polar surface area (TPSA) is 15.3 Å². The van der Waals surface area contributed by atoms with E-state index in [0.717, 1.165) is 12.0 Å². The number of nitrogens with zero attached hydrogens (tertiary/aromatic N) is 1. The van der Waals surface area contributed by atoms with Gasteiger partial charge in [0.2, 0.25) is 0 Å². The predicted octanol–water partition coefficient (Wildman–Crippen LogP) is 2.50. The normalized spacial score (nSPS) is 35.4. The number of nitrogens with one attached hydrogen (secondary N) is 1. The number of likely N-dealkylation sites (tertiary alicyclic amines) is 1. The maximum absolute atomic E-state index is 3.81. The molecule has 1 N–H and O–H groups in total. The first kappa shape index (κ1) is 12.4. The van der Waals surface area contributed by atoms with Crippen molar-refractivity contribution in [3.8, 4) is 0 Å². The van der Waals surface area contributed by atoms with Gasteiger partial charge in [0.1, 0.15) is 0 Å². The van der Waals surface area contributed by atoms with Gasteiger partial charge in [-0.3, -0.25) is 0 Å². The Hall–Kier alpha value is -0.0800. The molecule has 0 aromatic rings. The Balaban J connectivity index is 1.69. The van der Waals surface area contributed by atoms with E-state index in [1.165, 1.54) is 51.7 Å². The summed E-state index contributed by atoms with van der Waals surface area (Å²) < 4.78 is 0. The van der Waals surface area contributed by atoms with Crippen molar-refractivity contribution in [2.75, 3.05) is 26.7 Å². The van der Waals surface area contributed by atoms with Crippen molar-refractivity contribution in [3.63, 3.8) is 0 Å². The van der Waals surface area contributed by atoms with Gasteiger partial charge in [-0.25, -0.2) is 0 Å². The summed E-state index contributed by atoms with van der Waals surface area (Å²) >= 11 is 0. The molecule has 1 saturated carbocycles. The van der Waals surface area contributed by atoms with E-state index in [4.69, 9.17) is 0 Å². The fourth-order valence-corrected chi connectivity index (χ4v) is 3.40. The van der Waals surface area contributed by atoms with Crippen molar-refractivity contribution in [2.24, 2.45) is 11.3 Å². The Morgan fingerprint density at radius 1 is 1.31 bits per heavy atom. The first-order valence-corrected chi connectivity index (χ1v) is 6.97. The van der Waals surface area contributed by atoms with Crippen LogP contribution in [0.3, 0.4) is 0 Å². The highest BCUT2D eigenvalue weighted by Crippen LogP contribution is 2.35. The van der Waals surface area contributed by atoms with Gasteiger partial charge in [0.05, 0.1) is 0 Å². The zero-order valence-corrected chi connectivity index (χ0v) is 11.3. The molecule has 16 heavy (non-hydrogen) atoms. The van der Waals surface area contributed by atoms with Gasteiger partial charge >= 0.3 is 0 Å². The molecule has 0 spiro atoms. The standard InChI is InChI=1S/C14H28N2/c1-14(2)7-4-5-13(9-14)15-10-12-6-8-16(3)11-12/h12-13,15H,4-11H2,1-3H3. The van der Waals surface area contributed by atoms with Gasteiger partial charge in [-0.05, 0) is 57.2 Å². The molecular formula is C14H28N2. The summed E-state index contributed by atoms with van der Waals surface area (Å²) in [4.78, 5) is 2.46. The van der Waals surface area contributed by atoms with Crippen LogP contribution in [-0.2, 0) is 0 Å². The molecule has 0 radical (unpaired) electrons. The maximum Gasteiger partial charge on any atom is 0.00722 e. The lowest BCUT2D eigenvalue weighted by Gasteiger charge is -2.36. The van der Waals surface area contributed by atoms with Crippen LogP contribution in [-0.4, -0.2) is 37.6 Å². The summed E-state index contributed by atoms with van der Waals surface area (Å²) in [6.07, 6.45) is 6.98. The third kappa shape index (κ3) is 3.46. The van der Waals surface area contributed by atoms with E-state index in [1.807, 2.05) is 0 Å². The molecule has 2 nitrogen and oxygen atoms in total. The molecule has 0 aromatic carbocycles. The van der Waals surface area contributed by atoms with Crippen LogP contribution >= 0.6 is 0 Å².